The molecule has 124 valence electrons. The molecule has 3 N–H and O–H groups in total. The van der Waals surface area contributed by atoms with Crippen LogP contribution in [-0.2, 0) is 9.53 Å². The number of ether oxygens (including phenoxy) is 1. The van der Waals surface area contributed by atoms with E-state index in [9.17, 15) is 14.0 Å². The summed E-state index contributed by atoms with van der Waals surface area (Å²) in [4.78, 5) is 23.1. The van der Waals surface area contributed by atoms with Gasteiger partial charge in [-0.2, -0.15) is 0 Å². The molecule has 1 amide bonds. The van der Waals surface area contributed by atoms with E-state index in [0.29, 0.717) is 13.0 Å². The number of rotatable bonds is 8. The monoisotopic (exact) mass is 332 g/mol. The standard InChI is InChI=1S/C15H21FN2O3.ClH/c1-21-15(20)11-7-8-12(16)13(10-11)18-14(19)6-4-2-3-5-9-17;/h7-8,10H,2-6,9,17H2,1H3,(H,18,19);1H. The zero-order valence-corrected chi connectivity index (χ0v) is 13.4. The number of hydrogen-bond acceptors (Lipinski definition) is 4. The van der Waals surface area contributed by atoms with Crippen molar-refractivity contribution >= 4 is 30.0 Å². The van der Waals surface area contributed by atoms with E-state index in [1.54, 1.807) is 0 Å². The minimum Gasteiger partial charge on any atom is -0.465 e. The van der Waals surface area contributed by atoms with Crippen LogP contribution in [0.3, 0.4) is 0 Å². The highest BCUT2D eigenvalue weighted by molar-refractivity contribution is 5.94. The first kappa shape index (κ1) is 20.3. The van der Waals surface area contributed by atoms with Gasteiger partial charge < -0.3 is 15.8 Å². The lowest BCUT2D eigenvalue weighted by atomic mass is 10.1. The van der Waals surface area contributed by atoms with Crippen LogP contribution < -0.4 is 11.1 Å². The summed E-state index contributed by atoms with van der Waals surface area (Å²) >= 11 is 0. The van der Waals surface area contributed by atoms with E-state index < -0.39 is 11.8 Å². The molecule has 0 unspecified atom stereocenters. The molecule has 0 aromatic heterocycles. The molecule has 0 bridgehead atoms. The smallest absolute Gasteiger partial charge is 0.337 e. The van der Waals surface area contributed by atoms with Crippen molar-refractivity contribution in [2.45, 2.75) is 32.1 Å². The number of unbranched alkanes of at least 4 members (excludes halogenated alkanes) is 3. The Hall–Kier alpha value is -1.66. The van der Waals surface area contributed by atoms with Crippen LogP contribution in [0.2, 0.25) is 0 Å². The van der Waals surface area contributed by atoms with Crippen LogP contribution in [-0.4, -0.2) is 25.5 Å². The highest BCUT2D eigenvalue weighted by Gasteiger charge is 2.12. The summed E-state index contributed by atoms with van der Waals surface area (Å²) in [6.45, 7) is 0.651. The van der Waals surface area contributed by atoms with Crippen molar-refractivity contribution in [1.29, 1.82) is 0 Å². The van der Waals surface area contributed by atoms with Crippen molar-refractivity contribution in [3.63, 3.8) is 0 Å². The number of carbonyl (C=O) groups is 2. The first-order valence-electron chi connectivity index (χ1n) is 6.96. The molecular weight excluding hydrogens is 311 g/mol. The number of halogens is 2. The molecule has 0 fully saturated rings. The van der Waals surface area contributed by atoms with Gasteiger partial charge in [-0.1, -0.05) is 12.8 Å². The van der Waals surface area contributed by atoms with Crippen LogP contribution in [0.1, 0.15) is 42.5 Å². The van der Waals surface area contributed by atoms with Crippen LogP contribution in [0.4, 0.5) is 10.1 Å². The number of methoxy groups -OCH3 is 1. The van der Waals surface area contributed by atoms with Crippen molar-refractivity contribution < 1.29 is 18.7 Å². The Labute approximate surface area is 135 Å². The molecule has 0 radical (unpaired) electrons. The average Bonchev–Trinajstić information content (AvgIpc) is 2.48. The Kier molecular flexibility index (Phi) is 10.2. The van der Waals surface area contributed by atoms with E-state index in [1.807, 2.05) is 0 Å². The van der Waals surface area contributed by atoms with Gasteiger partial charge in [-0.25, -0.2) is 9.18 Å². The topological polar surface area (TPSA) is 81.4 Å². The quantitative estimate of drug-likeness (QED) is 0.566. The molecule has 0 saturated heterocycles. The lowest BCUT2D eigenvalue weighted by molar-refractivity contribution is -0.116. The molecule has 0 saturated carbocycles. The summed E-state index contributed by atoms with van der Waals surface area (Å²) in [6, 6.07) is 3.71. The summed E-state index contributed by atoms with van der Waals surface area (Å²) in [5.74, 6) is -1.44. The van der Waals surface area contributed by atoms with Crippen LogP contribution in [0, 0.1) is 5.82 Å². The average molecular weight is 333 g/mol. The second-order valence-electron chi connectivity index (χ2n) is 4.69. The lowest BCUT2D eigenvalue weighted by Gasteiger charge is -2.08. The SMILES string of the molecule is COC(=O)c1ccc(F)c(NC(=O)CCCCCCN)c1.Cl. The van der Waals surface area contributed by atoms with Gasteiger partial charge in [-0.05, 0) is 37.6 Å². The van der Waals surface area contributed by atoms with E-state index in [2.05, 4.69) is 10.1 Å². The molecule has 7 heteroatoms. The van der Waals surface area contributed by atoms with E-state index in [1.165, 1.54) is 19.2 Å². The summed E-state index contributed by atoms with van der Waals surface area (Å²) in [7, 11) is 1.24. The first-order valence-corrected chi connectivity index (χ1v) is 6.96. The van der Waals surface area contributed by atoms with E-state index in [4.69, 9.17) is 5.73 Å². The second-order valence-corrected chi connectivity index (χ2v) is 4.69. The number of esters is 1. The summed E-state index contributed by atoms with van der Waals surface area (Å²) in [6.07, 6.45) is 3.87. The van der Waals surface area contributed by atoms with Crippen molar-refractivity contribution in [2.24, 2.45) is 5.73 Å². The number of amides is 1. The molecule has 0 aliphatic heterocycles. The highest BCUT2D eigenvalue weighted by atomic mass is 35.5. The van der Waals surface area contributed by atoms with E-state index >= 15 is 0 Å². The Bertz CT molecular complexity index is 498. The van der Waals surface area contributed by atoms with Gasteiger partial charge in [0.1, 0.15) is 5.82 Å². The third kappa shape index (κ3) is 6.87. The summed E-state index contributed by atoms with van der Waals surface area (Å²) < 4.78 is 18.2. The molecule has 0 atom stereocenters. The maximum Gasteiger partial charge on any atom is 0.337 e. The zero-order valence-electron chi connectivity index (χ0n) is 12.6. The van der Waals surface area contributed by atoms with Crippen LogP contribution in [0.15, 0.2) is 18.2 Å². The number of hydrogen-bond donors (Lipinski definition) is 2. The van der Waals surface area contributed by atoms with Gasteiger partial charge in [0.25, 0.3) is 0 Å². The fraction of sp³-hybridized carbons (Fsp3) is 0.467. The van der Waals surface area contributed by atoms with Crippen molar-refractivity contribution in [3.8, 4) is 0 Å². The highest BCUT2D eigenvalue weighted by Crippen LogP contribution is 2.17. The van der Waals surface area contributed by atoms with E-state index in [-0.39, 0.29) is 29.6 Å². The fourth-order valence-electron chi connectivity index (χ4n) is 1.86. The minimum absolute atomic E-state index is 0. The number of nitrogens with two attached hydrogens (primary N) is 1. The maximum absolute atomic E-state index is 13.6. The normalized spacial score (nSPS) is 9.77. The molecule has 1 aromatic rings. The Balaban J connectivity index is 0.00000441. The predicted molar refractivity (Wildman–Crippen MR) is 85.8 cm³/mol. The number of carbonyl (C=O) groups excluding carboxylic acids is 2. The second kappa shape index (κ2) is 11.0. The van der Waals surface area contributed by atoms with Gasteiger partial charge in [-0.15, -0.1) is 12.4 Å². The van der Waals surface area contributed by atoms with Gasteiger partial charge in [-0.3, -0.25) is 4.79 Å². The van der Waals surface area contributed by atoms with Crippen LogP contribution in [0.25, 0.3) is 0 Å². The fourth-order valence-corrected chi connectivity index (χ4v) is 1.86. The molecule has 22 heavy (non-hydrogen) atoms. The van der Waals surface area contributed by atoms with Gasteiger partial charge in [0, 0.05) is 6.42 Å². The summed E-state index contributed by atoms with van der Waals surface area (Å²) in [5, 5.41) is 2.47. The third-order valence-electron chi connectivity index (χ3n) is 3.02. The van der Waals surface area contributed by atoms with Gasteiger partial charge in [0.05, 0.1) is 18.4 Å². The number of anilines is 1. The minimum atomic E-state index is -0.584. The molecule has 1 rings (SSSR count). The van der Waals surface area contributed by atoms with Crippen LogP contribution >= 0.6 is 12.4 Å². The number of benzene rings is 1. The van der Waals surface area contributed by atoms with Gasteiger partial charge >= 0.3 is 5.97 Å². The summed E-state index contributed by atoms with van der Waals surface area (Å²) in [5.41, 5.74) is 5.56. The van der Waals surface area contributed by atoms with Crippen LogP contribution in [0.5, 0.6) is 0 Å². The van der Waals surface area contributed by atoms with Crippen molar-refractivity contribution in [2.75, 3.05) is 19.0 Å². The third-order valence-corrected chi connectivity index (χ3v) is 3.02. The predicted octanol–water partition coefficient (Wildman–Crippen LogP) is 2.88. The molecule has 1 aromatic carbocycles. The Morgan fingerprint density at radius 3 is 2.55 bits per heavy atom. The Morgan fingerprint density at radius 2 is 1.91 bits per heavy atom. The lowest BCUT2D eigenvalue weighted by Crippen LogP contribution is -2.13. The largest absolute Gasteiger partial charge is 0.465 e. The number of nitrogens with one attached hydrogen (secondary N) is 1. The zero-order chi connectivity index (χ0) is 15.7. The first-order chi connectivity index (χ1) is 10.1. The molecule has 0 heterocycles. The van der Waals surface area contributed by atoms with E-state index in [0.717, 1.165) is 31.7 Å². The van der Waals surface area contributed by atoms with Crippen molar-refractivity contribution in [3.05, 3.63) is 29.6 Å². The van der Waals surface area contributed by atoms with Crippen molar-refractivity contribution in [1.82, 2.24) is 0 Å². The maximum atomic E-state index is 13.6. The molecule has 0 spiro atoms. The molecular formula is C15H22ClFN2O3. The Morgan fingerprint density at radius 1 is 1.23 bits per heavy atom. The van der Waals surface area contributed by atoms with Gasteiger partial charge in [0.15, 0.2) is 0 Å². The van der Waals surface area contributed by atoms with Gasteiger partial charge in [0.2, 0.25) is 5.91 Å². The molecule has 5 nitrogen and oxygen atoms in total. The molecule has 0 aliphatic carbocycles. The molecule has 0 aliphatic rings.